The quantitative estimate of drug-likeness (QED) is 0.144. The number of hydrogen-bond donors (Lipinski definition) is 3. The molecule has 0 aromatic carbocycles. The highest BCUT2D eigenvalue weighted by Crippen LogP contribution is 2.15. The number of esters is 2. The highest BCUT2D eigenvalue weighted by molar-refractivity contribution is 5.70. The van der Waals surface area contributed by atoms with E-state index in [1.165, 1.54) is 71.1 Å². The molecule has 0 heterocycles. The van der Waals surface area contributed by atoms with Crippen LogP contribution in [0.3, 0.4) is 0 Å². The van der Waals surface area contributed by atoms with E-state index in [9.17, 15) is 24.9 Å². The minimum atomic E-state index is -1.07. The first-order chi connectivity index (χ1) is 15.8. The maximum Gasteiger partial charge on any atom is 0.308 e. The van der Waals surface area contributed by atoms with Gasteiger partial charge in [0.2, 0.25) is 0 Å². The van der Waals surface area contributed by atoms with Crippen LogP contribution in [0.4, 0.5) is 0 Å². The van der Waals surface area contributed by atoms with Gasteiger partial charge in [-0.2, -0.15) is 0 Å². The summed E-state index contributed by atoms with van der Waals surface area (Å²) in [4.78, 5) is 22.3. The monoisotopic (exact) mass is 474 g/mol. The maximum absolute atomic E-state index is 11.7. The first-order valence-electron chi connectivity index (χ1n) is 13.2. The predicted molar refractivity (Wildman–Crippen MR) is 130 cm³/mol. The van der Waals surface area contributed by atoms with Crippen LogP contribution in [0.2, 0.25) is 0 Å². The van der Waals surface area contributed by atoms with Gasteiger partial charge in [-0.3, -0.25) is 9.59 Å². The van der Waals surface area contributed by atoms with Crippen LogP contribution in [0.5, 0.6) is 0 Å². The Hall–Kier alpha value is -1.18. The molecule has 3 unspecified atom stereocenters. The molecule has 0 rings (SSSR count). The van der Waals surface area contributed by atoms with Crippen molar-refractivity contribution in [3.8, 4) is 0 Å². The van der Waals surface area contributed by atoms with E-state index in [0.29, 0.717) is 6.42 Å². The Bertz CT molecular complexity index is 470. The zero-order valence-electron chi connectivity index (χ0n) is 21.1. The second kappa shape index (κ2) is 22.6. The molecule has 33 heavy (non-hydrogen) atoms. The minimum Gasteiger partial charge on any atom is -0.463 e. The van der Waals surface area contributed by atoms with Crippen molar-refractivity contribution in [3.63, 3.8) is 0 Å². The standard InChI is InChI=1S/C26H50O7/c1-3-4-5-6-7-8-9-10-11-12-13-16-23(28)17-14-15-18-24(29)19-26(31)33-21-25(30)20-32-22(2)27/h23-25,28-30H,3-21H2,1-2H3. The van der Waals surface area contributed by atoms with Crippen molar-refractivity contribution in [2.75, 3.05) is 13.2 Å². The molecule has 0 spiro atoms. The lowest BCUT2D eigenvalue weighted by atomic mass is 10.0. The molecular weight excluding hydrogens is 424 g/mol. The van der Waals surface area contributed by atoms with Crippen molar-refractivity contribution in [1.82, 2.24) is 0 Å². The van der Waals surface area contributed by atoms with Gasteiger partial charge in [-0.25, -0.2) is 0 Å². The summed E-state index contributed by atoms with van der Waals surface area (Å²) in [5.74, 6) is -1.11. The zero-order chi connectivity index (χ0) is 24.7. The molecule has 0 saturated carbocycles. The number of hydrogen-bond acceptors (Lipinski definition) is 7. The van der Waals surface area contributed by atoms with Crippen LogP contribution in [0, 0.1) is 0 Å². The fourth-order valence-electron chi connectivity index (χ4n) is 3.75. The number of aliphatic hydroxyl groups excluding tert-OH is 3. The van der Waals surface area contributed by atoms with E-state index in [1.54, 1.807) is 0 Å². The number of ether oxygens (including phenoxy) is 2. The molecule has 0 bridgehead atoms. The lowest BCUT2D eigenvalue weighted by Gasteiger charge is -2.14. The molecule has 196 valence electrons. The molecule has 3 N–H and O–H groups in total. The van der Waals surface area contributed by atoms with Gasteiger partial charge in [0, 0.05) is 6.92 Å². The third-order valence-electron chi connectivity index (χ3n) is 5.78. The molecule has 7 heteroatoms. The largest absolute Gasteiger partial charge is 0.463 e. The number of rotatable bonds is 23. The second-order valence-electron chi connectivity index (χ2n) is 9.26. The van der Waals surface area contributed by atoms with Gasteiger partial charge in [-0.05, 0) is 19.3 Å². The maximum atomic E-state index is 11.7. The molecule has 7 nitrogen and oxygen atoms in total. The van der Waals surface area contributed by atoms with Crippen LogP contribution in [-0.2, 0) is 19.1 Å². The molecule has 0 fully saturated rings. The third-order valence-corrected chi connectivity index (χ3v) is 5.78. The number of carbonyl (C=O) groups is 2. The van der Waals surface area contributed by atoms with Gasteiger partial charge in [0.15, 0.2) is 0 Å². The average Bonchev–Trinajstić information content (AvgIpc) is 2.77. The first kappa shape index (κ1) is 31.8. The second-order valence-corrected chi connectivity index (χ2v) is 9.26. The lowest BCUT2D eigenvalue weighted by Crippen LogP contribution is -2.26. The van der Waals surface area contributed by atoms with Gasteiger partial charge in [-0.15, -0.1) is 0 Å². The first-order valence-corrected chi connectivity index (χ1v) is 13.2. The molecule has 0 aromatic rings. The van der Waals surface area contributed by atoms with Crippen LogP contribution in [0.15, 0.2) is 0 Å². The minimum absolute atomic E-state index is 0.137. The van der Waals surface area contributed by atoms with Gasteiger partial charge >= 0.3 is 11.9 Å². The number of carbonyl (C=O) groups excluding carboxylic acids is 2. The Morgan fingerprint density at radius 1 is 0.606 bits per heavy atom. The van der Waals surface area contributed by atoms with Crippen molar-refractivity contribution in [3.05, 3.63) is 0 Å². The SMILES string of the molecule is CCCCCCCCCCCCCC(O)CCCCC(O)CC(=O)OCC(O)COC(C)=O. The van der Waals surface area contributed by atoms with Gasteiger partial charge in [0.1, 0.15) is 19.3 Å². The van der Waals surface area contributed by atoms with E-state index in [1.807, 2.05) is 0 Å². The van der Waals surface area contributed by atoms with Crippen LogP contribution >= 0.6 is 0 Å². The van der Waals surface area contributed by atoms with Crippen LogP contribution in [0.25, 0.3) is 0 Å². The predicted octanol–water partition coefficient (Wildman–Crippen LogP) is 4.83. The van der Waals surface area contributed by atoms with Crippen LogP contribution in [0.1, 0.15) is 123 Å². The van der Waals surface area contributed by atoms with Gasteiger partial charge < -0.3 is 24.8 Å². The molecule has 0 aromatic heterocycles. The molecule has 0 saturated heterocycles. The highest BCUT2D eigenvalue weighted by Gasteiger charge is 2.15. The number of aliphatic hydroxyl groups is 3. The third kappa shape index (κ3) is 23.8. The van der Waals surface area contributed by atoms with Crippen molar-refractivity contribution in [2.24, 2.45) is 0 Å². The van der Waals surface area contributed by atoms with Crippen LogP contribution < -0.4 is 0 Å². The molecule has 3 atom stereocenters. The summed E-state index contributed by atoms with van der Waals surface area (Å²) in [6, 6.07) is 0. The average molecular weight is 475 g/mol. The summed E-state index contributed by atoms with van der Waals surface area (Å²) in [5, 5.41) is 29.6. The summed E-state index contributed by atoms with van der Waals surface area (Å²) in [6.07, 6.45) is 15.6. The molecule has 0 aliphatic rings. The van der Waals surface area contributed by atoms with Gasteiger partial charge in [0.25, 0.3) is 0 Å². The summed E-state index contributed by atoms with van der Waals surface area (Å²) < 4.78 is 9.49. The summed E-state index contributed by atoms with van der Waals surface area (Å²) in [7, 11) is 0. The molecule has 0 amide bonds. The summed E-state index contributed by atoms with van der Waals surface area (Å²) in [6.45, 7) is 2.97. The summed E-state index contributed by atoms with van der Waals surface area (Å²) >= 11 is 0. The van der Waals surface area contributed by atoms with Crippen molar-refractivity contribution in [2.45, 2.75) is 141 Å². The Labute approximate surface area is 201 Å². The van der Waals surface area contributed by atoms with E-state index in [-0.39, 0.29) is 25.7 Å². The van der Waals surface area contributed by atoms with E-state index in [0.717, 1.165) is 32.1 Å². The van der Waals surface area contributed by atoms with Crippen molar-refractivity contribution >= 4 is 11.9 Å². The smallest absolute Gasteiger partial charge is 0.308 e. The van der Waals surface area contributed by atoms with E-state index >= 15 is 0 Å². The molecule has 0 radical (unpaired) electrons. The lowest BCUT2D eigenvalue weighted by molar-refractivity contribution is -0.152. The van der Waals surface area contributed by atoms with Gasteiger partial charge in [-0.1, -0.05) is 90.4 Å². The Morgan fingerprint density at radius 3 is 1.55 bits per heavy atom. The van der Waals surface area contributed by atoms with Crippen LogP contribution in [-0.4, -0.2) is 58.8 Å². The zero-order valence-corrected chi connectivity index (χ0v) is 21.1. The summed E-state index contributed by atoms with van der Waals surface area (Å²) in [5.41, 5.74) is 0. The Kier molecular flexibility index (Phi) is 21.8. The van der Waals surface area contributed by atoms with E-state index < -0.39 is 24.1 Å². The Balaban J connectivity index is 3.51. The van der Waals surface area contributed by atoms with Gasteiger partial charge in [0.05, 0.1) is 18.6 Å². The van der Waals surface area contributed by atoms with E-state index in [2.05, 4.69) is 11.7 Å². The fraction of sp³-hybridized carbons (Fsp3) is 0.923. The molecule has 0 aliphatic heterocycles. The molecular formula is C26H50O7. The molecule has 0 aliphatic carbocycles. The van der Waals surface area contributed by atoms with E-state index in [4.69, 9.17) is 4.74 Å². The normalized spacial score (nSPS) is 14.0. The highest BCUT2D eigenvalue weighted by atomic mass is 16.6. The van der Waals surface area contributed by atoms with Crippen molar-refractivity contribution in [1.29, 1.82) is 0 Å². The topological polar surface area (TPSA) is 113 Å². The fourth-order valence-corrected chi connectivity index (χ4v) is 3.75. The number of unbranched alkanes of at least 4 members (excludes halogenated alkanes) is 11. The van der Waals surface area contributed by atoms with Crippen molar-refractivity contribution < 1.29 is 34.4 Å². The Morgan fingerprint density at radius 2 is 1.03 bits per heavy atom.